The molecule has 2 aliphatic carbocycles. The first-order valence-corrected chi connectivity index (χ1v) is 7.71. The van der Waals surface area contributed by atoms with E-state index in [1.165, 1.54) is 18.4 Å². The van der Waals surface area contributed by atoms with Gasteiger partial charge in [0.05, 0.1) is 18.7 Å². The molecule has 2 fully saturated rings. The van der Waals surface area contributed by atoms with Gasteiger partial charge in [0.15, 0.2) is 11.5 Å². The number of nitrogens with two attached hydrogens (primary N) is 1. The molecule has 0 aromatic heterocycles. The SMILES string of the molecule is COc1cc(C2(C(C)N)CC2)cc(Cl)c1OCC1CC1. The second-order valence-electron chi connectivity index (χ2n) is 6.19. The van der Waals surface area contributed by atoms with Crippen molar-refractivity contribution in [1.29, 1.82) is 0 Å². The zero-order valence-electron chi connectivity index (χ0n) is 12.1. The fourth-order valence-corrected chi connectivity index (χ4v) is 3.04. The van der Waals surface area contributed by atoms with Gasteiger partial charge in [0.25, 0.3) is 0 Å². The van der Waals surface area contributed by atoms with Crippen LogP contribution < -0.4 is 15.2 Å². The molecule has 4 heteroatoms. The Morgan fingerprint density at radius 3 is 2.60 bits per heavy atom. The highest BCUT2D eigenvalue weighted by Gasteiger charge is 2.48. The lowest BCUT2D eigenvalue weighted by molar-refractivity contribution is 0.280. The topological polar surface area (TPSA) is 44.5 Å². The Morgan fingerprint density at radius 2 is 2.10 bits per heavy atom. The highest BCUT2D eigenvalue weighted by atomic mass is 35.5. The molecule has 3 nitrogen and oxygen atoms in total. The van der Waals surface area contributed by atoms with Crippen molar-refractivity contribution in [3.63, 3.8) is 0 Å². The number of halogens is 1. The molecule has 1 aromatic rings. The quantitative estimate of drug-likeness (QED) is 0.873. The predicted octanol–water partition coefficient (Wildman–Crippen LogP) is 3.52. The molecule has 20 heavy (non-hydrogen) atoms. The van der Waals surface area contributed by atoms with E-state index in [0.717, 1.165) is 25.2 Å². The van der Waals surface area contributed by atoms with E-state index >= 15 is 0 Å². The molecule has 1 aromatic carbocycles. The molecule has 110 valence electrons. The summed E-state index contributed by atoms with van der Waals surface area (Å²) >= 11 is 6.41. The van der Waals surface area contributed by atoms with Crippen LogP contribution in [-0.2, 0) is 5.41 Å². The third-order valence-electron chi connectivity index (χ3n) is 4.62. The standard InChI is InChI=1S/C16H22ClNO2/c1-10(18)16(5-6-16)12-7-13(17)15(14(8-12)19-2)20-9-11-3-4-11/h7-8,10-11H,3-6,9,18H2,1-2H3. The molecule has 1 unspecified atom stereocenters. The maximum Gasteiger partial charge on any atom is 0.179 e. The first kappa shape index (κ1) is 14.0. The zero-order valence-corrected chi connectivity index (χ0v) is 12.9. The van der Waals surface area contributed by atoms with Crippen molar-refractivity contribution in [2.75, 3.05) is 13.7 Å². The van der Waals surface area contributed by atoms with E-state index in [2.05, 4.69) is 6.92 Å². The van der Waals surface area contributed by atoms with E-state index in [4.69, 9.17) is 26.8 Å². The molecule has 2 saturated carbocycles. The van der Waals surface area contributed by atoms with Crippen molar-refractivity contribution in [2.45, 2.75) is 44.1 Å². The van der Waals surface area contributed by atoms with Gasteiger partial charge < -0.3 is 15.2 Å². The van der Waals surface area contributed by atoms with E-state index in [1.54, 1.807) is 7.11 Å². The van der Waals surface area contributed by atoms with Crippen molar-refractivity contribution in [3.05, 3.63) is 22.7 Å². The van der Waals surface area contributed by atoms with Gasteiger partial charge >= 0.3 is 0 Å². The summed E-state index contributed by atoms with van der Waals surface area (Å²) in [6.07, 6.45) is 4.75. The lowest BCUT2D eigenvalue weighted by Crippen LogP contribution is -2.31. The molecule has 1 atom stereocenters. The average Bonchev–Trinajstić information content (AvgIpc) is 3.28. The molecule has 2 N–H and O–H groups in total. The normalized spacial score (nSPS) is 21.4. The fourth-order valence-electron chi connectivity index (χ4n) is 2.77. The van der Waals surface area contributed by atoms with Crippen LogP contribution in [-0.4, -0.2) is 19.8 Å². The number of methoxy groups -OCH3 is 1. The second kappa shape index (κ2) is 5.12. The van der Waals surface area contributed by atoms with E-state index in [9.17, 15) is 0 Å². The summed E-state index contributed by atoms with van der Waals surface area (Å²) in [6, 6.07) is 4.18. The summed E-state index contributed by atoms with van der Waals surface area (Å²) in [5.41, 5.74) is 7.39. The minimum Gasteiger partial charge on any atom is -0.493 e. The summed E-state index contributed by atoms with van der Waals surface area (Å²) in [6.45, 7) is 2.79. The van der Waals surface area contributed by atoms with Crippen molar-refractivity contribution >= 4 is 11.6 Å². The first-order chi connectivity index (χ1) is 9.56. The minimum absolute atomic E-state index is 0.0753. The molecule has 0 amide bonds. The lowest BCUT2D eigenvalue weighted by Gasteiger charge is -2.22. The fraction of sp³-hybridized carbons (Fsp3) is 0.625. The number of hydrogen-bond donors (Lipinski definition) is 1. The van der Waals surface area contributed by atoms with Crippen LogP contribution in [0, 0.1) is 5.92 Å². The molecule has 0 saturated heterocycles. The van der Waals surface area contributed by atoms with E-state index < -0.39 is 0 Å². The lowest BCUT2D eigenvalue weighted by atomic mass is 9.89. The Balaban J connectivity index is 1.88. The summed E-state index contributed by atoms with van der Waals surface area (Å²) in [5, 5.41) is 0.631. The Hall–Kier alpha value is -0.930. The van der Waals surface area contributed by atoms with Gasteiger partial charge in [0.1, 0.15) is 0 Å². The van der Waals surface area contributed by atoms with Gasteiger partial charge in [0, 0.05) is 11.5 Å². The van der Waals surface area contributed by atoms with E-state index in [0.29, 0.717) is 16.7 Å². The Bertz CT molecular complexity index is 507. The molecule has 2 aliphatic rings. The van der Waals surface area contributed by atoms with Crippen LogP contribution in [0.3, 0.4) is 0 Å². The van der Waals surface area contributed by atoms with Crippen LogP contribution in [0.5, 0.6) is 11.5 Å². The molecular weight excluding hydrogens is 274 g/mol. The van der Waals surface area contributed by atoms with Gasteiger partial charge in [-0.3, -0.25) is 0 Å². The minimum atomic E-state index is 0.0753. The summed E-state index contributed by atoms with van der Waals surface area (Å²) in [5.74, 6) is 2.08. The van der Waals surface area contributed by atoms with E-state index in [-0.39, 0.29) is 11.5 Å². The summed E-state index contributed by atoms with van der Waals surface area (Å²) in [4.78, 5) is 0. The summed E-state index contributed by atoms with van der Waals surface area (Å²) < 4.78 is 11.3. The Labute approximate surface area is 125 Å². The van der Waals surface area contributed by atoms with Crippen molar-refractivity contribution in [2.24, 2.45) is 11.7 Å². The molecule has 0 bridgehead atoms. The molecule has 3 rings (SSSR count). The Kier molecular flexibility index (Phi) is 3.59. The number of rotatable bonds is 6. The third kappa shape index (κ3) is 2.49. The van der Waals surface area contributed by atoms with Crippen LogP contribution in [0.1, 0.15) is 38.2 Å². The molecular formula is C16H22ClNO2. The van der Waals surface area contributed by atoms with Gasteiger partial charge in [0.2, 0.25) is 0 Å². The first-order valence-electron chi connectivity index (χ1n) is 7.33. The highest BCUT2D eigenvalue weighted by Crippen LogP contribution is 2.53. The van der Waals surface area contributed by atoms with Crippen LogP contribution in [0.4, 0.5) is 0 Å². The number of ether oxygens (including phenoxy) is 2. The average molecular weight is 296 g/mol. The third-order valence-corrected chi connectivity index (χ3v) is 4.91. The second-order valence-corrected chi connectivity index (χ2v) is 6.60. The predicted molar refractivity (Wildman–Crippen MR) is 80.8 cm³/mol. The highest BCUT2D eigenvalue weighted by molar-refractivity contribution is 6.32. The largest absolute Gasteiger partial charge is 0.493 e. The number of benzene rings is 1. The smallest absolute Gasteiger partial charge is 0.179 e. The van der Waals surface area contributed by atoms with Gasteiger partial charge in [-0.2, -0.15) is 0 Å². The summed E-state index contributed by atoms with van der Waals surface area (Å²) in [7, 11) is 1.66. The van der Waals surface area contributed by atoms with Gasteiger partial charge in [-0.15, -0.1) is 0 Å². The zero-order chi connectivity index (χ0) is 14.3. The molecule has 0 spiro atoms. The molecule has 0 heterocycles. The maximum absolute atomic E-state index is 6.41. The number of hydrogen-bond acceptors (Lipinski definition) is 3. The molecule has 0 aliphatic heterocycles. The van der Waals surface area contributed by atoms with Crippen LogP contribution in [0.15, 0.2) is 12.1 Å². The van der Waals surface area contributed by atoms with Crippen LogP contribution in [0.25, 0.3) is 0 Å². The van der Waals surface area contributed by atoms with E-state index in [1.807, 2.05) is 12.1 Å². The van der Waals surface area contributed by atoms with Crippen molar-refractivity contribution in [1.82, 2.24) is 0 Å². The molecule has 0 radical (unpaired) electrons. The monoisotopic (exact) mass is 295 g/mol. The van der Waals surface area contributed by atoms with Crippen molar-refractivity contribution < 1.29 is 9.47 Å². The van der Waals surface area contributed by atoms with Gasteiger partial charge in [-0.25, -0.2) is 0 Å². The van der Waals surface area contributed by atoms with Crippen LogP contribution >= 0.6 is 11.6 Å². The van der Waals surface area contributed by atoms with Gasteiger partial charge in [-0.05, 0) is 56.2 Å². The van der Waals surface area contributed by atoms with Gasteiger partial charge in [-0.1, -0.05) is 11.6 Å². The Morgan fingerprint density at radius 1 is 1.40 bits per heavy atom. The maximum atomic E-state index is 6.41. The van der Waals surface area contributed by atoms with Crippen LogP contribution in [0.2, 0.25) is 5.02 Å². The van der Waals surface area contributed by atoms with Crippen molar-refractivity contribution in [3.8, 4) is 11.5 Å².